The molecule has 0 bridgehead atoms. The van der Waals surface area contributed by atoms with E-state index >= 15 is 0 Å². The highest BCUT2D eigenvalue weighted by atomic mass is 19.4. The van der Waals surface area contributed by atoms with E-state index in [0.29, 0.717) is 17.1 Å². The van der Waals surface area contributed by atoms with Gasteiger partial charge in [0.2, 0.25) is 0 Å². The van der Waals surface area contributed by atoms with Crippen molar-refractivity contribution in [1.29, 1.82) is 0 Å². The van der Waals surface area contributed by atoms with Gasteiger partial charge in [-0.25, -0.2) is 0 Å². The lowest BCUT2D eigenvalue weighted by atomic mass is 10.2. The van der Waals surface area contributed by atoms with Crippen LogP contribution in [0.4, 0.5) is 24.5 Å². The fourth-order valence-corrected chi connectivity index (χ4v) is 1.83. The Morgan fingerprint density at radius 1 is 1.09 bits per heavy atom. The Bertz CT molecular complexity index is 716. The molecule has 2 amide bonds. The number of aryl methyl sites for hydroxylation is 2. The van der Waals surface area contributed by atoms with Gasteiger partial charge in [0.05, 0.1) is 17.1 Å². The van der Waals surface area contributed by atoms with Crippen LogP contribution < -0.4 is 10.6 Å². The molecule has 9 heteroatoms. The summed E-state index contributed by atoms with van der Waals surface area (Å²) >= 11 is 0. The molecule has 2 aromatic rings. The van der Waals surface area contributed by atoms with Crippen molar-refractivity contribution in [1.82, 2.24) is 10.2 Å². The van der Waals surface area contributed by atoms with Crippen LogP contribution in [0.5, 0.6) is 0 Å². The number of benzene rings is 1. The second kappa shape index (κ2) is 6.11. The summed E-state index contributed by atoms with van der Waals surface area (Å²) in [4.78, 5) is 22.9. The fraction of sp³-hybridized carbons (Fsp3) is 0.214. The van der Waals surface area contributed by atoms with E-state index in [9.17, 15) is 22.8 Å². The minimum atomic E-state index is -4.97. The van der Waals surface area contributed by atoms with Crippen LogP contribution in [0.15, 0.2) is 24.3 Å². The number of anilines is 2. The number of nitrogens with one attached hydrogen (secondary N) is 3. The molecule has 0 saturated carbocycles. The standard InChI is InChI=1S/C14H13F3N4O2/c1-7-11(8(2)21-20-7)19-12(22)9-3-5-10(6-4-9)18-13(23)14(15,16)17/h3-6H,1-2H3,(H,18,23)(H,19,22)(H,20,21). The van der Waals surface area contributed by atoms with Gasteiger partial charge in [-0.1, -0.05) is 0 Å². The summed E-state index contributed by atoms with van der Waals surface area (Å²) in [6.45, 7) is 3.46. The van der Waals surface area contributed by atoms with Gasteiger partial charge in [0.1, 0.15) is 0 Å². The van der Waals surface area contributed by atoms with Crippen molar-refractivity contribution in [2.24, 2.45) is 0 Å². The molecule has 0 fully saturated rings. The monoisotopic (exact) mass is 326 g/mol. The second-order valence-corrected chi connectivity index (χ2v) is 4.79. The number of hydrogen-bond acceptors (Lipinski definition) is 3. The van der Waals surface area contributed by atoms with Crippen LogP contribution in [0.3, 0.4) is 0 Å². The maximum Gasteiger partial charge on any atom is 0.471 e. The molecule has 0 spiro atoms. The average molecular weight is 326 g/mol. The minimum absolute atomic E-state index is 0.0560. The highest BCUT2D eigenvalue weighted by Gasteiger charge is 2.38. The molecule has 6 nitrogen and oxygen atoms in total. The van der Waals surface area contributed by atoms with Gasteiger partial charge in [-0.05, 0) is 38.1 Å². The van der Waals surface area contributed by atoms with E-state index in [1.54, 1.807) is 19.2 Å². The van der Waals surface area contributed by atoms with E-state index in [1.807, 2.05) is 0 Å². The number of halogens is 3. The highest BCUT2D eigenvalue weighted by molar-refractivity contribution is 6.05. The molecule has 0 aliphatic heterocycles. The molecule has 1 aromatic carbocycles. The van der Waals surface area contributed by atoms with Crippen LogP contribution in [0, 0.1) is 13.8 Å². The van der Waals surface area contributed by atoms with Crippen LogP contribution >= 0.6 is 0 Å². The van der Waals surface area contributed by atoms with Crippen LogP contribution in [-0.2, 0) is 4.79 Å². The summed E-state index contributed by atoms with van der Waals surface area (Å²) in [7, 11) is 0. The molecule has 23 heavy (non-hydrogen) atoms. The van der Waals surface area contributed by atoms with Gasteiger partial charge in [-0.15, -0.1) is 0 Å². The fourth-order valence-electron chi connectivity index (χ4n) is 1.83. The van der Waals surface area contributed by atoms with E-state index in [-0.39, 0.29) is 11.3 Å². The van der Waals surface area contributed by atoms with Gasteiger partial charge < -0.3 is 10.6 Å². The minimum Gasteiger partial charge on any atom is -0.319 e. The molecule has 0 unspecified atom stereocenters. The van der Waals surface area contributed by atoms with Crippen LogP contribution in [0.25, 0.3) is 0 Å². The number of aromatic amines is 1. The molecule has 0 aliphatic rings. The Balaban J connectivity index is 2.07. The highest BCUT2D eigenvalue weighted by Crippen LogP contribution is 2.20. The third kappa shape index (κ3) is 3.87. The molecule has 122 valence electrons. The summed E-state index contributed by atoms with van der Waals surface area (Å²) < 4.78 is 36.4. The molecular formula is C14H13F3N4O2. The van der Waals surface area contributed by atoms with Gasteiger partial charge >= 0.3 is 12.1 Å². The number of H-pyrrole nitrogens is 1. The Morgan fingerprint density at radius 2 is 1.70 bits per heavy atom. The van der Waals surface area contributed by atoms with E-state index in [4.69, 9.17) is 0 Å². The van der Waals surface area contributed by atoms with E-state index < -0.39 is 18.0 Å². The van der Waals surface area contributed by atoms with Gasteiger partial charge in [-0.3, -0.25) is 14.7 Å². The zero-order valence-corrected chi connectivity index (χ0v) is 12.2. The van der Waals surface area contributed by atoms with Gasteiger partial charge in [0.25, 0.3) is 5.91 Å². The van der Waals surface area contributed by atoms with E-state index in [2.05, 4.69) is 15.5 Å². The second-order valence-electron chi connectivity index (χ2n) is 4.79. The third-order valence-corrected chi connectivity index (χ3v) is 3.03. The Morgan fingerprint density at radius 3 is 2.17 bits per heavy atom. The van der Waals surface area contributed by atoms with Crippen molar-refractivity contribution in [2.75, 3.05) is 10.6 Å². The topological polar surface area (TPSA) is 86.9 Å². The van der Waals surface area contributed by atoms with Crippen LogP contribution in [0.1, 0.15) is 21.7 Å². The molecule has 0 saturated heterocycles. The first kappa shape index (κ1) is 16.5. The average Bonchev–Trinajstić information content (AvgIpc) is 2.79. The van der Waals surface area contributed by atoms with Gasteiger partial charge in [0, 0.05) is 11.3 Å². The largest absolute Gasteiger partial charge is 0.471 e. The number of aromatic nitrogens is 2. The molecule has 0 radical (unpaired) electrons. The molecule has 0 aliphatic carbocycles. The maximum absolute atomic E-state index is 12.1. The summed E-state index contributed by atoms with van der Waals surface area (Å²) in [5.74, 6) is -2.51. The summed E-state index contributed by atoms with van der Waals surface area (Å²) in [5.41, 5.74) is 2.02. The molecular weight excluding hydrogens is 313 g/mol. The SMILES string of the molecule is Cc1n[nH]c(C)c1NC(=O)c1ccc(NC(=O)C(F)(F)F)cc1. The smallest absolute Gasteiger partial charge is 0.319 e. The van der Waals surface area contributed by atoms with Crippen molar-refractivity contribution in [3.05, 3.63) is 41.2 Å². The number of rotatable bonds is 3. The zero-order valence-electron chi connectivity index (χ0n) is 12.2. The quantitative estimate of drug-likeness (QED) is 0.810. The number of nitrogens with zero attached hydrogens (tertiary/aromatic N) is 1. The number of hydrogen-bond donors (Lipinski definition) is 3. The molecule has 3 N–H and O–H groups in total. The summed E-state index contributed by atoms with van der Waals surface area (Å²) in [6.07, 6.45) is -4.97. The van der Waals surface area contributed by atoms with E-state index in [1.165, 1.54) is 24.3 Å². The molecule has 1 aromatic heterocycles. The molecule has 2 rings (SSSR count). The number of carbonyl (C=O) groups is 2. The van der Waals surface area contributed by atoms with Gasteiger partial charge in [-0.2, -0.15) is 18.3 Å². The van der Waals surface area contributed by atoms with Crippen molar-refractivity contribution < 1.29 is 22.8 Å². The van der Waals surface area contributed by atoms with Gasteiger partial charge in [0.15, 0.2) is 0 Å². The Labute approximate surface area is 129 Å². The van der Waals surface area contributed by atoms with Crippen molar-refractivity contribution >= 4 is 23.2 Å². The van der Waals surface area contributed by atoms with Crippen molar-refractivity contribution in [3.8, 4) is 0 Å². The first-order valence-corrected chi connectivity index (χ1v) is 6.49. The summed E-state index contributed by atoms with van der Waals surface area (Å²) in [5, 5.41) is 11.0. The molecule has 0 atom stereocenters. The van der Waals surface area contributed by atoms with Crippen molar-refractivity contribution in [3.63, 3.8) is 0 Å². The lowest BCUT2D eigenvalue weighted by molar-refractivity contribution is -0.167. The Kier molecular flexibility index (Phi) is 4.39. The first-order chi connectivity index (χ1) is 10.7. The number of alkyl halides is 3. The maximum atomic E-state index is 12.1. The number of carbonyl (C=O) groups excluding carboxylic acids is 2. The van der Waals surface area contributed by atoms with E-state index in [0.717, 1.165) is 0 Å². The summed E-state index contributed by atoms with van der Waals surface area (Å²) in [6, 6.07) is 5.05. The van der Waals surface area contributed by atoms with Crippen LogP contribution in [0.2, 0.25) is 0 Å². The normalized spacial score (nSPS) is 11.2. The Hall–Kier alpha value is -2.84. The van der Waals surface area contributed by atoms with Crippen LogP contribution in [-0.4, -0.2) is 28.2 Å². The predicted octanol–water partition coefficient (Wildman–Crippen LogP) is 2.78. The zero-order chi connectivity index (χ0) is 17.2. The number of amides is 2. The lowest BCUT2D eigenvalue weighted by Gasteiger charge is -2.09. The molecule has 1 heterocycles. The first-order valence-electron chi connectivity index (χ1n) is 6.49. The predicted molar refractivity (Wildman–Crippen MR) is 77.1 cm³/mol. The lowest BCUT2D eigenvalue weighted by Crippen LogP contribution is -2.29. The van der Waals surface area contributed by atoms with Crippen molar-refractivity contribution in [2.45, 2.75) is 20.0 Å². The third-order valence-electron chi connectivity index (χ3n) is 3.03.